The minimum atomic E-state index is -1.11. The summed E-state index contributed by atoms with van der Waals surface area (Å²) >= 11 is 0. The molecule has 4 heteroatoms. The lowest BCUT2D eigenvalue weighted by atomic mass is 9.66. The van der Waals surface area contributed by atoms with Crippen LogP contribution in [0.2, 0.25) is 0 Å². The summed E-state index contributed by atoms with van der Waals surface area (Å²) in [6.45, 7) is 8.77. The summed E-state index contributed by atoms with van der Waals surface area (Å²) in [5, 5.41) is 0. The largest absolute Gasteiger partial charge is 0.290 e. The second kappa shape index (κ2) is 11.5. The number of hydrogen-bond donors (Lipinski definition) is 0. The van der Waals surface area contributed by atoms with Gasteiger partial charge in [-0.1, -0.05) is 74.9 Å². The van der Waals surface area contributed by atoms with Gasteiger partial charge >= 0.3 is 0 Å². The van der Waals surface area contributed by atoms with Crippen molar-refractivity contribution >= 4 is 16.7 Å². The molecule has 2 aromatic rings. The second-order valence-electron chi connectivity index (χ2n) is 8.16. The second-order valence-corrected chi connectivity index (χ2v) is 9.65. The Balaban J connectivity index is 0.00000132. The maximum atomic E-state index is 13.3. The lowest BCUT2D eigenvalue weighted by Crippen LogP contribution is -2.48. The Bertz CT molecular complexity index is 907. The molecule has 166 valence electrons. The SMILES string of the molecule is CC.CCCN=C1C=C2CCN(S(=O)c3ccccc3)CC2(Cc2ccccc2)CC1. The quantitative estimate of drug-likeness (QED) is 0.527. The van der Waals surface area contributed by atoms with Gasteiger partial charge in [-0.25, -0.2) is 8.51 Å². The van der Waals surface area contributed by atoms with Gasteiger partial charge in [-0.05, 0) is 55.9 Å². The summed E-state index contributed by atoms with van der Waals surface area (Å²) in [6.07, 6.45) is 7.53. The molecule has 1 heterocycles. The van der Waals surface area contributed by atoms with Gasteiger partial charge in [0, 0.05) is 30.8 Å². The molecule has 0 spiro atoms. The van der Waals surface area contributed by atoms with Gasteiger partial charge in [-0.3, -0.25) is 4.99 Å². The summed E-state index contributed by atoms with van der Waals surface area (Å²) in [5.74, 6) is 0. The molecular weight excluding hydrogens is 400 g/mol. The molecule has 31 heavy (non-hydrogen) atoms. The van der Waals surface area contributed by atoms with E-state index < -0.39 is 11.0 Å². The monoisotopic (exact) mass is 436 g/mol. The van der Waals surface area contributed by atoms with Crippen molar-refractivity contribution in [2.75, 3.05) is 19.6 Å². The number of rotatable bonds is 6. The van der Waals surface area contributed by atoms with Gasteiger partial charge in [0.05, 0.1) is 4.90 Å². The van der Waals surface area contributed by atoms with E-state index in [1.54, 1.807) is 0 Å². The molecule has 0 bridgehead atoms. The highest BCUT2D eigenvalue weighted by molar-refractivity contribution is 7.82. The molecule has 0 N–H and O–H groups in total. The molecule has 0 radical (unpaired) electrons. The average Bonchev–Trinajstić information content (AvgIpc) is 2.84. The Morgan fingerprint density at radius 1 is 1.00 bits per heavy atom. The molecule has 1 aliphatic carbocycles. The zero-order valence-electron chi connectivity index (χ0n) is 19.2. The van der Waals surface area contributed by atoms with Crippen LogP contribution in [-0.2, 0) is 17.4 Å². The van der Waals surface area contributed by atoms with Crippen molar-refractivity contribution in [2.24, 2.45) is 10.4 Å². The molecule has 1 saturated heterocycles. The standard InChI is InChI=1S/C25H30N2OS.C2H6/c1-2-16-26-23-13-15-25(19-21-9-5-3-6-10-21)20-27(17-14-22(25)18-23)29(28)24-11-7-4-8-12-24;1-2/h3-12,18H,2,13-17,19-20H2,1H3;1-2H3. The third kappa shape index (κ3) is 5.81. The summed E-state index contributed by atoms with van der Waals surface area (Å²) in [4.78, 5) is 5.70. The normalized spacial score (nSPS) is 23.3. The molecule has 0 amide bonds. The van der Waals surface area contributed by atoms with Crippen molar-refractivity contribution in [1.82, 2.24) is 4.31 Å². The number of nitrogens with zero attached hydrogens (tertiary/aromatic N) is 2. The van der Waals surface area contributed by atoms with Crippen LogP contribution in [0.15, 0.2) is 82.2 Å². The minimum absolute atomic E-state index is 0.0509. The third-order valence-corrected chi connectivity index (χ3v) is 7.55. The highest BCUT2D eigenvalue weighted by Crippen LogP contribution is 2.45. The van der Waals surface area contributed by atoms with E-state index >= 15 is 0 Å². The molecule has 2 aliphatic rings. The predicted molar refractivity (Wildman–Crippen MR) is 133 cm³/mol. The molecule has 2 unspecified atom stereocenters. The maximum Gasteiger partial charge on any atom is 0.127 e. The van der Waals surface area contributed by atoms with Crippen LogP contribution in [0.4, 0.5) is 0 Å². The van der Waals surface area contributed by atoms with Crippen LogP contribution >= 0.6 is 0 Å². The molecule has 2 atom stereocenters. The van der Waals surface area contributed by atoms with Gasteiger partial charge in [0.1, 0.15) is 11.0 Å². The van der Waals surface area contributed by atoms with E-state index in [0.29, 0.717) is 0 Å². The van der Waals surface area contributed by atoms with Crippen LogP contribution in [0, 0.1) is 5.41 Å². The van der Waals surface area contributed by atoms with Crippen molar-refractivity contribution < 1.29 is 4.21 Å². The Morgan fingerprint density at radius 2 is 1.68 bits per heavy atom. The van der Waals surface area contributed by atoms with E-state index in [4.69, 9.17) is 4.99 Å². The number of aliphatic imine (C=N–C) groups is 1. The Kier molecular flexibility index (Phi) is 8.79. The number of fused-ring (bicyclic) bond motifs is 1. The highest BCUT2D eigenvalue weighted by Gasteiger charge is 2.43. The average molecular weight is 437 g/mol. The predicted octanol–water partition coefficient (Wildman–Crippen LogP) is 6.24. The summed E-state index contributed by atoms with van der Waals surface area (Å²) < 4.78 is 15.5. The van der Waals surface area contributed by atoms with Crippen LogP contribution in [0.25, 0.3) is 0 Å². The minimum Gasteiger partial charge on any atom is -0.290 e. The highest BCUT2D eigenvalue weighted by atomic mass is 32.2. The van der Waals surface area contributed by atoms with Crippen molar-refractivity contribution in [3.05, 3.63) is 77.9 Å². The number of allylic oxidation sites excluding steroid dienone is 1. The van der Waals surface area contributed by atoms with Gasteiger partial charge in [0.25, 0.3) is 0 Å². The van der Waals surface area contributed by atoms with E-state index in [-0.39, 0.29) is 5.41 Å². The molecule has 0 saturated carbocycles. The molecule has 1 aliphatic heterocycles. The fraction of sp³-hybridized carbons (Fsp3) is 0.444. The zero-order chi connectivity index (χ0) is 22.1. The molecule has 3 nitrogen and oxygen atoms in total. The Labute approximate surface area is 190 Å². The maximum absolute atomic E-state index is 13.3. The first-order chi connectivity index (χ1) is 15.2. The van der Waals surface area contributed by atoms with Crippen LogP contribution in [0.5, 0.6) is 0 Å². The van der Waals surface area contributed by atoms with E-state index in [2.05, 4.69) is 47.6 Å². The van der Waals surface area contributed by atoms with Gasteiger partial charge in [-0.15, -0.1) is 0 Å². The molecular formula is C27H36N2OS. The first-order valence-electron chi connectivity index (χ1n) is 11.7. The fourth-order valence-electron chi connectivity index (χ4n) is 4.59. The van der Waals surface area contributed by atoms with Crippen molar-refractivity contribution in [3.63, 3.8) is 0 Å². The van der Waals surface area contributed by atoms with E-state index in [1.165, 1.54) is 16.8 Å². The number of piperidine rings is 1. The number of hydrogen-bond acceptors (Lipinski definition) is 2. The summed E-state index contributed by atoms with van der Waals surface area (Å²) in [5.41, 5.74) is 4.17. The van der Waals surface area contributed by atoms with E-state index in [9.17, 15) is 4.21 Å². The first-order valence-corrected chi connectivity index (χ1v) is 12.8. The van der Waals surface area contributed by atoms with E-state index in [0.717, 1.165) is 56.6 Å². The zero-order valence-corrected chi connectivity index (χ0v) is 20.0. The lowest BCUT2D eigenvalue weighted by Gasteiger charge is -2.46. The van der Waals surface area contributed by atoms with Crippen LogP contribution < -0.4 is 0 Å². The molecule has 2 aromatic carbocycles. The fourth-order valence-corrected chi connectivity index (χ4v) is 5.90. The Morgan fingerprint density at radius 3 is 2.35 bits per heavy atom. The number of benzene rings is 2. The van der Waals surface area contributed by atoms with Crippen molar-refractivity contribution in [1.29, 1.82) is 0 Å². The van der Waals surface area contributed by atoms with Crippen LogP contribution in [0.1, 0.15) is 52.0 Å². The van der Waals surface area contributed by atoms with Gasteiger partial charge in [0.15, 0.2) is 0 Å². The molecule has 0 aromatic heterocycles. The third-order valence-electron chi connectivity index (χ3n) is 6.09. The Hall–Kier alpha value is -2.04. The van der Waals surface area contributed by atoms with Crippen LogP contribution in [0.3, 0.4) is 0 Å². The van der Waals surface area contributed by atoms with Crippen LogP contribution in [-0.4, -0.2) is 33.9 Å². The van der Waals surface area contributed by atoms with Crippen molar-refractivity contribution in [3.8, 4) is 0 Å². The summed E-state index contributed by atoms with van der Waals surface area (Å²) in [6, 6.07) is 20.6. The molecule has 1 fully saturated rings. The smallest absolute Gasteiger partial charge is 0.127 e. The van der Waals surface area contributed by atoms with Gasteiger partial charge in [-0.2, -0.15) is 0 Å². The van der Waals surface area contributed by atoms with E-state index in [1.807, 2.05) is 44.2 Å². The summed E-state index contributed by atoms with van der Waals surface area (Å²) in [7, 11) is -1.11. The van der Waals surface area contributed by atoms with Crippen molar-refractivity contribution in [2.45, 2.75) is 57.8 Å². The van der Waals surface area contributed by atoms with Gasteiger partial charge in [0.2, 0.25) is 0 Å². The topological polar surface area (TPSA) is 32.7 Å². The molecule has 4 rings (SSSR count). The first kappa shape index (κ1) is 23.6. The lowest BCUT2D eigenvalue weighted by molar-refractivity contribution is 0.203. The van der Waals surface area contributed by atoms with Gasteiger partial charge < -0.3 is 0 Å².